The first-order valence-electron chi connectivity index (χ1n) is 4.09. The maximum Gasteiger partial charge on any atom is 0.131 e. The van der Waals surface area contributed by atoms with Crippen molar-refractivity contribution >= 4 is 28.8 Å². The van der Waals surface area contributed by atoms with Crippen molar-refractivity contribution < 1.29 is 0 Å². The number of halogens is 1. The summed E-state index contributed by atoms with van der Waals surface area (Å²) in [5.41, 5.74) is 0. The number of pyridine rings is 1. The largest absolute Gasteiger partial charge is 0.364 e. The molecular weight excluding hydrogens is 218 g/mol. The van der Waals surface area contributed by atoms with Crippen LogP contribution in [0.25, 0.3) is 0 Å². The molecule has 0 aliphatic carbocycles. The Morgan fingerprint density at radius 2 is 2.36 bits per heavy atom. The van der Waals surface area contributed by atoms with Crippen molar-refractivity contribution in [1.29, 1.82) is 0 Å². The zero-order chi connectivity index (χ0) is 9.80. The number of nitrogens with zero attached hydrogens (tertiary/aromatic N) is 2. The van der Waals surface area contributed by atoms with Crippen LogP contribution >= 0.6 is 22.9 Å². The van der Waals surface area contributed by atoms with Crippen molar-refractivity contribution in [1.82, 2.24) is 9.97 Å². The number of anilines is 1. The van der Waals surface area contributed by atoms with Gasteiger partial charge in [0, 0.05) is 11.6 Å². The quantitative estimate of drug-likeness (QED) is 0.817. The fourth-order valence-electron chi connectivity index (χ4n) is 1.01. The highest BCUT2D eigenvalue weighted by Gasteiger charge is 1.97. The van der Waals surface area contributed by atoms with Gasteiger partial charge in [0.25, 0.3) is 0 Å². The molecule has 0 aromatic carbocycles. The van der Waals surface area contributed by atoms with E-state index in [2.05, 4.69) is 15.3 Å². The van der Waals surface area contributed by atoms with E-state index in [0.717, 1.165) is 10.8 Å². The summed E-state index contributed by atoms with van der Waals surface area (Å²) in [6, 6.07) is 5.48. The van der Waals surface area contributed by atoms with Crippen molar-refractivity contribution in [3.05, 3.63) is 39.9 Å². The summed E-state index contributed by atoms with van der Waals surface area (Å²) in [4.78, 5) is 8.25. The second-order valence-corrected chi connectivity index (χ2v) is 3.99. The van der Waals surface area contributed by atoms with Gasteiger partial charge in [0.15, 0.2) is 0 Å². The molecule has 0 saturated heterocycles. The summed E-state index contributed by atoms with van der Waals surface area (Å²) >= 11 is 7.35. The maximum atomic E-state index is 5.74. The van der Waals surface area contributed by atoms with Crippen LogP contribution in [-0.4, -0.2) is 9.97 Å². The molecule has 2 heterocycles. The molecule has 72 valence electrons. The fourth-order valence-corrected chi connectivity index (χ4v) is 1.73. The third-order valence-corrected chi connectivity index (χ3v) is 2.61. The number of aromatic nitrogens is 2. The summed E-state index contributed by atoms with van der Waals surface area (Å²) in [5.74, 6) is 0.771. The van der Waals surface area contributed by atoms with Gasteiger partial charge in [-0.05, 0) is 12.1 Å². The van der Waals surface area contributed by atoms with Crippen LogP contribution in [0.2, 0.25) is 5.15 Å². The Kier molecular flexibility index (Phi) is 2.96. The highest BCUT2D eigenvalue weighted by Crippen LogP contribution is 2.11. The highest BCUT2D eigenvalue weighted by molar-refractivity contribution is 7.09. The number of thiazole rings is 1. The molecule has 0 unspecified atom stereocenters. The standard InChI is InChI=1S/C9H8ClN3S/c10-7-2-1-3-8(13-7)12-6-9-11-4-5-14-9/h1-5H,6H2,(H,12,13). The lowest BCUT2D eigenvalue weighted by molar-refractivity contribution is 1.08. The molecule has 0 saturated carbocycles. The first kappa shape index (κ1) is 9.43. The van der Waals surface area contributed by atoms with E-state index >= 15 is 0 Å². The number of rotatable bonds is 3. The molecular formula is C9H8ClN3S. The number of nitrogens with one attached hydrogen (secondary N) is 1. The molecule has 0 bridgehead atoms. The SMILES string of the molecule is Clc1cccc(NCc2nccs2)n1. The van der Waals surface area contributed by atoms with Crippen LogP contribution < -0.4 is 5.32 Å². The van der Waals surface area contributed by atoms with E-state index in [1.54, 1.807) is 23.6 Å². The third-order valence-electron chi connectivity index (χ3n) is 1.62. The van der Waals surface area contributed by atoms with Crippen LogP contribution in [0.1, 0.15) is 5.01 Å². The minimum atomic E-state index is 0.495. The van der Waals surface area contributed by atoms with Crippen molar-refractivity contribution in [3.63, 3.8) is 0 Å². The van der Waals surface area contributed by atoms with Crippen molar-refractivity contribution in [2.24, 2.45) is 0 Å². The van der Waals surface area contributed by atoms with Gasteiger partial charge in [0.1, 0.15) is 16.0 Å². The Hall–Kier alpha value is -1.13. The molecule has 0 fully saturated rings. The lowest BCUT2D eigenvalue weighted by atomic mass is 10.4. The Bertz CT molecular complexity index is 402. The lowest BCUT2D eigenvalue weighted by Crippen LogP contribution is -2.00. The summed E-state index contributed by atoms with van der Waals surface area (Å²) in [7, 11) is 0. The van der Waals surface area contributed by atoms with E-state index in [4.69, 9.17) is 11.6 Å². The molecule has 0 atom stereocenters. The molecule has 1 N–H and O–H groups in total. The summed E-state index contributed by atoms with van der Waals surface area (Å²) < 4.78 is 0. The van der Waals surface area contributed by atoms with Gasteiger partial charge in [-0.2, -0.15) is 0 Å². The number of hydrogen-bond donors (Lipinski definition) is 1. The second kappa shape index (κ2) is 4.39. The van der Waals surface area contributed by atoms with Gasteiger partial charge < -0.3 is 5.32 Å². The van der Waals surface area contributed by atoms with Gasteiger partial charge in [0.2, 0.25) is 0 Å². The fraction of sp³-hybridized carbons (Fsp3) is 0.111. The molecule has 0 radical (unpaired) electrons. The predicted octanol–water partition coefficient (Wildman–Crippen LogP) is 2.80. The summed E-state index contributed by atoms with van der Waals surface area (Å²) in [6.07, 6.45) is 1.78. The van der Waals surface area contributed by atoms with Gasteiger partial charge in [-0.25, -0.2) is 9.97 Å². The molecule has 0 aliphatic heterocycles. The van der Waals surface area contributed by atoms with Crippen LogP contribution in [0, 0.1) is 0 Å². The zero-order valence-electron chi connectivity index (χ0n) is 7.27. The molecule has 0 amide bonds. The van der Waals surface area contributed by atoms with Gasteiger partial charge in [-0.15, -0.1) is 11.3 Å². The van der Waals surface area contributed by atoms with E-state index in [9.17, 15) is 0 Å². The van der Waals surface area contributed by atoms with Crippen molar-refractivity contribution in [2.75, 3.05) is 5.32 Å². The van der Waals surface area contributed by atoms with E-state index in [1.807, 2.05) is 17.5 Å². The average Bonchev–Trinajstić information content (AvgIpc) is 2.67. The van der Waals surface area contributed by atoms with Crippen LogP contribution in [-0.2, 0) is 6.54 Å². The molecule has 14 heavy (non-hydrogen) atoms. The minimum absolute atomic E-state index is 0.495. The monoisotopic (exact) mass is 225 g/mol. The smallest absolute Gasteiger partial charge is 0.131 e. The molecule has 0 spiro atoms. The van der Waals surface area contributed by atoms with Crippen molar-refractivity contribution in [3.8, 4) is 0 Å². The Morgan fingerprint density at radius 3 is 3.07 bits per heavy atom. The van der Waals surface area contributed by atoms with Crippen LogP contribution in [0.3, 0.4) is 0 Å². The third kappa shape index (κ3) is 2.43. The molecule has 5 heteroatoms. The molecule has 2 aromatic rings. The zero-order valence-corrected chi connectivity index (χ0v) is 8.85. The Balaban J connectivity index is 1.98. The van der Waals surface area contributed by atoms with Crippen molar-refractivity contribution in [2.45, 2.75) is 6.54 Å². The average molecular weight is 226 g/mol. The van der Waals surface area contributed by atoms with Gasteiger partial charge in [0.05, 0.1) is 6.54 Å². The predicted molar refractivity (Wildman–Crippen MR) is 58.7 cm³/mol. The Labute approximate surface area is 90.8 Å². The van der Waals surface area contributed by atoms with Crippen LogP contribution in [0.15, 0.2) is 29.8 Å². The van der Waals surface area contributed by atoms with Gasteiger partial charge in [-0.1, -0.05) is 17.7 Å². The Morgan fingerprint density at radius 1 is 1.43 bits per heavy atom. The van der Waals surface area contributed by atoms with Crippen LogP contribution in [0.5, 0.6) is 0 Å². The molecule has 3 nitrogen and oxygen atoms in total. The van der Waals surface area contributed by atoms with Crippen LogP contribution in [0.4, 0.5) is 5.82 Å². The normalized spacial score (nSPS) is 10.1. The minimum Gasteiger partial charge on any atom is -0.364 e. The molecule has 2 aromatic heterocycles. The number of hydrogen-bond acceptors (Lipinski definition) is 4. The first-order valence-corrected chi connectivity index (χ1v) is 5.35. The summed E-state index contributed by atoms with van der Waals surface area (Å²) in [6.45, 7) is 0.686. The van der Waals surface area contributed by atoms with Gasteiger partial charge in [-0.3, -0.25) is 0 Å². The summed E-state index contributed by atoms with van der Waals surface area (Å²) in [5, 5.41) is 6.62. The second-order valence-electron chi connectivity index (χ2n) is 2.62. The van der Waals surface area contributed by atoms with Gasteiger partial charge >= 0.3 is 0 Å². The first-order chi connectivity index (χ1) is 6.84. The lowest BCUT2D eigenvalue weighted by Gasteiger charge is -2.02. The van der Waals surface area contributed by atoms with E-state index in [0.29, 0.717) is 11.7 Å². The van der Waals surface area contributed by atoms with E-state index in [1.165, 1.54) is 0 Å². The highest BCUT2D eigenvalue weighted by atomic mass is 35.5. The van der Waals surface area contributed by atoms with E-state index < -0.39 is 0 Å². The van der Waals surface area contributed by atoms with E-state index in [-0.39, 0.29) is 0 Å². The maximum absolute atomic E-state index is 5.74. The molecule has 2 rings (SSSR count). The molecule has 0 aliphatic rings. The topological polar surface area (TPSA) is 37.8 Å².